The van der Waals surface area contributed by atoms with Crippen molar-refractivity contribution < 1.29 is 9.63 Å². The van der Waals surface area contributed by atoms with Gasteiger partial charge in [0, 0.05) is 5.56 Å². The number of rotatable bonds is 0. The van der Waals surface area contributed by atoms with Gasteiger partial charge in [-0.2, -0.15) is 0 Å². The molecule has 3 saturated carbocycles. The third-order valence-electron chi connectivity index (χ3n) is 9.23. The highest BCUT2D eigenvalue weighted by molar-refractivity contribution is 5.69. The molecule has 6 atom stereocenters. The van der Waals surface area contributed by atoms with Crippen molar-refractivity contribution in [2.24, 2.45) is 28.6 Å². The summed E-state index contributed by atoms with van der Waals surface area (Å²) in [7, 11) is 0. The van der Waals surface area contributed by atoms with Gasteiger partial charge in [0.25, 0.3) is 0 Å². The first kappa shape index (κ1) is 16.1. The Kier molecular flexibility index (Phi) is 3.09. The van der Waals surface area contributed by atoms with E-state index in [0.717, 1.165) is 30.4 Å². The van der Waals surface area contributed by atoms with E-state index in [4.69, 9.17) is 4.52 Å². The topological polar surface area (TPSA) is 46.3 Å². The van der Waals surface area contributed by atoms with Gasteiger partial charge in [-0.15, -0.1) is 0 Å². The average molecular weight is 341 g/mol. The van der Waals surface area contributed by atoms with Gasteiger partial charge in [0.2, 0.25) is 0 Å². The fraction of sp³-hybridized carbons (Fsp3) is 0.773. The van der Waals surface area contributed by atoms with Gasteiger partial charge in [0.15, 0.2) is 5.76 Å². The fourth-order valence-corrected chi connectivity index (χ4v) is 7.63. The summed E-state index contributed by atoms with van der Waals surface area (Å²) in [6.45, 7) is 9.22. The summed E-state index contributed by atoms with van der Waals surface area (Å²) < 4.78 is 5.57. The van der Waals surface area contributed by atoms with Crippen molar-refractivity contribution in [2.45, 2.75) is 78.2 Å². The lowest BCUT2D eigenvalue weighted by Crippen LogP contribution is -2.54. The van der Waals surface area contributed by atoms with Crippen LogP contribution in [-0.4, -0.2) is 15.9 Å². The summed E-state index contributed by atoms with van der Waals surface area (Å²) in [4.78, 5) is 0. The molecule has 0 aromatic carbocycles. The minimum Gasteiger partial charge on any atom is -0.390 e. The van der Waals surface area contributed by atoms with Gasteiger partial charge in [0.1, 0.15) is 0 Å². The van der Waals surface area contributed by atoms with E-state index < -0.39 is 5.60 Å². The fourth-order valence-electron chi connectivity index (χ4n) is 7.63. The molecule has 4 aliphatic rings. The Morgan fingerprint density at radius 2 is 1.88 bits per heavy atom. The molecule has 136 valence electrons. The Hall–Kier alpha value is -1.09. The van der Waals surface area contributed by atoms with Crippen LogP contribution in [0.2, 0.25) is 0 Å². The molecule has 0 bridgehead atoms. The Labute approximate surface area is 150 Å². The highest BCUT2D eigenvalue weighted by Gasteiger charge is 2.62. The van der Waals surface area contributed by atoms with Crippen LogP contribution in [0, 0.1) is 28.6 Å². The van der Waals surface area contributed by atoms with Gasteiger partial charge in [-0.25, -0.2) is 0 Å². The molecule has 0 saturated heterocycles. The molecule has 3 fully saturated rings. The lowest BCUT2D eigenvalue weighted by atomic mass is 9.46. The van der Waals surface area contributed by atoms with Gasteiger partial charge >= 0.3 is 0 Å². The Morgan fingerprint density at radius 1 is 1.12 bits per heavy atom. The van der Waals surface area contributed by atoms with E-state index in [1.165, 1.54) is 43.2 Å². The lowest BCUT2D eigenvalue weighted by molar-refractivity contribution is -0.116. The number of aromatic nitrogens is 1. The van der Waals surface area contributed by atoms with Crippen molar-refractivity contribution in [1.82, 2.24) is 5.16 Å². The number of hydrogen-bond acceptors (Lipinski definition) is 3. The van der Waals surface area contributed by atoms with Crippen LogP contribution >= 0.6 is 0 Å². The SMILES string of the molecule is CC1=C2CC[C@@H]3[C@H](CC[C@]4(C)[C@H]3CC[C@]4(C)O)[C@]2(C)Cc2cnoc21. The molecule has 3 nitrogen and oxygen atoms in total. The zero-order valence-corrected chi connectivity index (χ0v) is 16.1. The number of fused-ring (bicyclic) bond motifs is 6. The molecule has 0 radical (unpaired) electrons. The minimum atomic E-state index is -0.482. The molecule has 0 amide bonds. The second-order valence-corrected chi connectivity index (χ2v) is 10.1. The van der Waals surface area contributed by atoms with E-state index in [-0.39, 0.29) is 10.8 Å². The van der Waals surface area contributed by atoms with Crippen molar-refractivity contribution >= 4 is 5.57 Å². The number of aliphatic hydroxyl groups is 1. The maximum absolute atomic E-state index is 11.1. The predicted molar refractivity (Wildman–Crippen MR) is 97.8 cm³/mol. The normalized spacial score (nSPS) is 48.6. The van der Waals surface area contributed by atoms with Gasteiger partial charge in [-0.1, -0.05) is 24.6 Å². The first-order valence-corrected chi connectivity index (χ1v) is 10.1. The summed E-state index contributed by atoms with van der Waals surface area (Å²) in [5.74, 6) is 3.22. The van der Waals surface area contributed by atoms with Gasteiger partial charge in [-0.3, -0.25) is 0 Å². The first-order valence-electron chi connectivity index (χ1n) is 10.1. The standard InChI is InChI=1S/C22H31NO2/c1-13-16-6-5-15-17(20(16,2)11-14-12-23-25-19(13)14)7-9-21(3)18(15)8-10-22(21,4)24/h12,15,17-18,24H,5-11H2,1-4H3/t15-,17+,18+,20-,21-,22+/m1/s1. The summed E-state index contributed by atoms with van der Waals surface area (Å²) in [6.07, 6.45) is 10.1. The quantitative estimate of drug-likeness (QED) is 0.722. The molecular weight excluding hydrogens is 310 g/mol. The van der Waals surface area contributed by atoms with E-state index in [2.05, 4.69) is 32.9 Å². The van der Waals surface area contributed by atoms with E-state index in [1.807, 2.05) is 6.20 Å². The Balaban J connectivity index is 1.57. The molecule has 25 heavy (non-hydrogen) atoms. The van der Waals surface area contributed by atoms with Crippen molar-refractivity contribution in [3.63, 3.8) is 0 Å². The zero-order chi connectivity index (χ0) is 17.6. The Morgan fingerprint density at radius 3 is 2.68 bits per heavy atom. The van der Waals surface area contributed by atoms with Gasteiger partial charge < -0.3 is 9.63 Å². The summed E-state index contributed by atoms with van der Waals surface area (Å²) in [6, 6.07) is 0. The molecule has 3 heteroatoms. The first-order chi connectivity index (χ1) is 11.8. The van der Waals surface area contributed by atoms with Crippen LogP contribution in [0.15, 0.2) is 16.3 Å². The molecule has 1 aromatic rings. The van der Waals surface area contributed by atoms with Crippen molar-refractivity contribution in [2.75, 3.05) is 0 Å². The summed E-state index contributed by atoms with van der Waals surface area (Å²) >= 11 is 0. The van der Waals surface area contributed by atoms with E-state index in [9.17, 15) is 5.11 Å². The third kappa shape index (κ3) is 1.83. The molecular formula is C22H31NO2. The smallest absolute Gasteiger partial charge is 0.165 e. The van der Waals surface area contributed by atoms with Crippen LogP contribution in [0.3, 0.4) is 0 Å². The van der Waals surface area contributed by atoms with Gasteiger partial charge in [0.05, 0.1) is 11.8 Å². The molecule has 4 aliphatic carbocycles. The molecule has 1 N–H and O–H groups in total. The molecule has 5 rings (SSSR count). The highest BCUT2D eigenvalue weighted by Crippen LogP contribution is 2.67. The van der Waals surface area contributed by atoms with E-state index >= 15 is 0 Å². The molecule has 1 heterocycles. The second-order valence-electron chi connectivity index (χ2n) is 10.1. The predicted octanol–water partition coefficient (Wildman–Crippen LogP) is 5.00. The lowest BCUT2D eigenvalue weighted by Gasteiger charge is -2.59. The summed E-state index contributed by atoms with van der Waals surface area (Å²) in [5.41, 5.74) is 4.16. The maximum Gasteiger partial charge on any atom is 0.165 e. The van der Waals surface area contributed by atoms with Crippen LogP contribution in [0.25, 0.3) is 5.57 Å². The highest BCUT2D eigenvalue weighted by atomic mass is 16.5. The monoisotopic (exact) mass is 341 g/mol. The summed E-state index contributed by atoms with van der Waals surface area (Å²) in [5, 5.41) is 15.1. The van der Waals surface area contributed by atoms with Crippen LogP contribution in [0.4, 0.5) is 0 Å². The number of allylic oxidation sites excluding steroid dienone is 2. The van der Waals surface area contributed by atoms with Crippen molar-refractivity contribution in [1.29, 1.82) is 0 Å². The van der Waals surface area contributed by atoms with Crippen molar-refractivity contribution in [3.05, 3.63) is 23.1 Å². The minimum absolute atomic E-state index is 0.109. The molecule has 0 spiro atoms. The van der Waals surface area contributed by atoms with Crippen LogP contribution in [0.5, 0.6) is 0 Å². The maximum atomic E-state index is 11.1. The third-order valence-corrected chi connectivity index (χ3v) is 9.23. The number of nitrogens with zero attached hydrogens (tertiary/aromatic N) is 1. The number of hydrogen-bond donors (Lipinski definition) is 1. The van der Waals surface area contributed by atoms with E-state index in [1.54, 1.807) is 5.57 Å². The second kappa shape index (κ2) is 4.79. The van der Waals surface area contributed by atoms with Crippen LogP contribution < -0.4 is 0 Å². The van der Waals surface area contributed by atoms with Gasteiger partial charge in [-0.05, 0) is 93.0 Å². The zero-order valence-electron chi connectivity index (χ0n) is 16.1. The Bertz CT molecular complexity index is 760. The average Bonchev–Trinajstić information content (AvgIpc) is 3.10. The van der Waals surface area contributed by atoms with Crippen LogP contribution in [-0.2, 0) is 6.42 Å². The molecule has 0 aliphatic heterocycles. The van der Waals surface area contributed by atoms with E-state index in [0.29, 0.717) is 5.92 Å². The molecule has 1 aromatic heterocycles. The largest absolute Gasteiger partial charge is 0.390 e. The van der Waals surface area contributed by atoms with Crippen molar-refractivity contribution in [3.8, 4) is 0 Å². The van der Waals surface area contributed by atoms with Crippen LogP contribution in [0.1, 0.15) is 77.5 Å². The molecule has 0 unspecified atom stereocenters.